The molecule has 0 unspecified atom stereocenters. The summed E-state index contributed by atoms with van der Waals surface area (Å²) in [6.45, 7) is 3.13. The molecule has 1 fully saturated rings. The largest absolute Gasteiger partial charge is 0.407 e. The maximum Gasteiger partial charge on any atom is 0.407 e. The van der Waals surface area contributed by atoms with Gasteiger partial charge in [0, 0.05) is 12.8 Å². The lowest BCUT2D eigenvalue weighted by Crippen LogP contribution is -2.53. The molecule has 0 aromatic heterocycles. The van der Waals surface area contributed by atoms with Crippen molar-refractivity contribution >= 4 is 5.91 Å². The summed E-state index contributed by atoms with van der Waals surface area (Å²) in [6, 6.07) is 4.51. The van der Waals surface area contributed by atoms with Gasteiger partial charge in [0.15, 0.2) is 0 Å². The van der Waals surface area contributed by atoms with E-state index in [1.807, 2.05) is 6.07 Å². The summed E-state index contributed by atoms with van der Waals surface area (Å²) >= 11 is 0. The Balaban J connectivity index is 2.29. The second kappa shape index (κ2) is 8.66. The van der Waals surface area contributed by atoms with Gasteiger partial charge < -0.3 is 5.32 Å². The van der Waals surface area contributed by atoms with Crippen LogP contribution in [0, 0.1) is 17.2 Å². The first-order valence-electron chi connectivity index (χ1n) is 9.36. The summed E-state index contributed by atoms with van der Waals surface area (Å²) in [5.74, 6) is -4.79. The predicted molar refractivity (Wildman–Crippen MR) is 96.9 cm³/mol. The molecule has 2 rings (SSSR count). The Morgan fingerprint density at radius 3 is 2.17 bits per heavy atom. The number of benzene rings is 1. The molecule has 1 amide bonds. The molecule has 1 aliphatic carbocycles. The molecular weight excluding hydrogens is 393 g/mol. The van der Waals surface area contributed by atoms with Crippen molar-refractivity contribution in [3.8, 4) is 6.07 Å². The zero-order valence-electron chi connectivity index (χ0n) is 16.2. The smallest absolute Gasteiger partial charge is 0.336 e. The van der Waals surface area contributed by atoms with Crippen LogP contribution in [0.2, 0.25) is 0 Å². The van der Waals surface area contributed by atoms with E-state index in [2.05, 4.69) is 10.6 Å². The van der Waals surface area contributed by atoms with Gasteiger partial charge in [-0.05, 0) is 24.3 Å². The topological polar surface area (TPSA) is 64.9 Å². The first-order chi connectivity index (χ1) is 13.4. The lowest BCUT2D eigenvalue weighted by atomic mass is 9.96. The Morgan fingerprint density at radius 1 is 1.14 bits per heavy atom. The summed E-state index contributed by atoms with van der Waals surface area (Å²) in [4.78, 5) is 12.6. The average molecular weight is 417 g/mol. The van der Waals surface area contributed by atoms with Crippen LogP contribution in [-0.4, -0.2) is 29.6 Å². The molecule has 0 radical (unpaired) electrons. The molecule has 0 bridgehead atoms. The molecule has 0 spiro atoms. The summed E-state index contributed by atoms with van der Waals surface area (Å²) in [6.07, 6.45) is -5.79. The molecule has 0 heterocycles. The van der Waals surface area contributed by atoms with E-state index in [1.165, 1.54) is 30.3 Å². The molecule has 1 aliphatic rings. The molecular formula is C20H24F5N3O. The van der Waals surface area contributed by atoms with E-state index in [0.717, 1.165) is 0 Å². The number of halogens is 5. The van der Waals surface area contributed by atoms with Gasteiger partial charge >= 0.3 is 6.18 Å². The number of carbonyl (C=O) groups excluding carboxylic acids is 1. The Kier molecular flexibility index (Phi) is 6.89. The number of carbonyl (C=O) groups is 1. The first-order valence-corrected chi connectivity index (χ1v) is 9.36. The molecule has 1 aromatic rings. The molecule has 1 saturated carbocycles. The molecule has 1 aromatic carbocycles. The molecule has 0 aliphatic heterocycles. The number of hydrogen-bond donors (Lipinski definition) is 2. The van der Waals surface area contributed by atoms with Crippen molar-refractivity contribution in [1.29, 1.82) is 5.26 Å². The van der Waals surface area contributed by atoms with Crippen LogP contribution in [0.15, 0.2) is 30.3 Å². The fraction of sp³-hybridized carbons (Fsp3) is 0.600. The maximum absolute atomic E-state index is 14.4. The van der Waals surface area contributed by atoms with Crippen LogP contribution < -0.4 is 10.6 Å². The molecule has 29 heavy (non-hydrogen) atoms. The Bertz CT molecular complexity index is 739. The lowest BCUT2D eigenvalue weighted by Gasteiger charge is -2.30. The van der Waals surface area contributed by atoms with Gasteiger partial charge in [0.25, 0.3) is 0 Å². The maximum atomic E-state index is 14.4. The minimum atomic E-state index is -4.81. The van der Waals surface area contributed by atoms with Crippen molar-refractivity contribution in [3.05, 3.63) is 35.9 Å². The zero-order chi connectivity index (χ0) is 21.9. The van der Waals surface area contributed by atoms with Crippen molar-refractivity contribution in [2.24, 2.45) is 5.92 Å². The number of nitriles is 1. The molecule has 0 saturated heterocycles. The second-order valence-electron chi connectivity index (χ2n) is 7.95. The van der Waals surface area contributed by atoms with E-state index in [-0.39, 0.29) is 5.56 Å². The fourth-order valence-corrected chi connectivity index (χ4v) is 3.15. The third-order valence-electron chi connectivity index (χ3n) is 4.68. The number of alkyl halides is 5. The Labute approximate surface area is 166 Å². The van der Waals surface area contributed by atoms with Crippen molar-refractivity contribution in [2.75, 3.05) is 0 Å². The van der Waals surface area contributed by atoms with E-state index in [9.17, 15) is 26.7 Å². The monoisotopic (exact) mass is 417 g/mol. The van der Waals surface area contributed by atoms with E-state index >= 15 is 0 Å². The van der Waals surface area contributed by atoms with Gasteiger partial charge in [0.1, 0.15) is 11.6 Å². The van der Waals surface area contributed by atoms with E-state index in [0.29, 0.717) is 12.8 Å². The first kappa shape index (κ1) is 23.1. The quantitative estimate of drug-likeness (QED) is 0.582. The second-order valence-corrected chi connectivity index (χ2v) is 7.95. The van der Waals surface area contributed by atoms with E-state index in [1.54, 1.807) is 13.8 Å². The van der Waals surface area contributed by atoms with Crippen LogP contribution in [0.5, 0.6) is 0 Å². The van der Waals surface area contributed by atoms with Crippen LogP contribution in [0.4, 0.5) is 22.0 Å². The van der Waals surface area contributed by atoms with Gasteiger partial charge in [0.2, 0.25) is 11.8 Å². The Hall–Kier alpha value is -2.21. The minimum absolute atomic E-state index is 0.189. The number of nitrogens with zero attached hydrogens (tertiary/aromatic N) is 1. The Morgan fingerprint density at radius 2 is 1.72 bits per heavy atom. The standard InChI is InChI=1S/C20H24F5N3O/c1-13(2)10-19(21,22)11-15(17(29)28-18(12-26)8-9-18)27-16(20(23,24)25)14-6-4-3-5-7-14/h3-7,13,15-16,27H,8-11H2,1-2H3,(H,28,29)/t15-,16-/m0/s1. The highest BCUT2D eigenvalue weighted by atomic mass is 19.4. The molecule has 2 atom stereocenters. The third kappa shape index (κ3) is 6.67. The summed E-state index contributed by atoms with van der Waals surface area (Å²) < 4.78 is 69.8. The molecule has 4 nitrogen and oxygen atoms in total. The highest BCUT2D eigenvalue weighted by Crippen LogP contribution is 2.37. The number of nitrogens with one attached hydrogen (secondary N) is 2. The summed E-state index contributed by atoms with van der Waals surface area (Å²) in [7, 11) is 0. The van der Waals surface area contributed by atoms with Crippen LogP contribution in [0.1, 0.15) is 51.1 Å². The lowest BCUT2D eigenvalue weighted by molar-refractivity contribution is -0.163. The van der Waals surface area contributed by atoms with Gasteiger partial charge in [-0.1, -0.05) is 44.2 Å². The van der Waals surface area contributed by atoms with Gasteiger partial charge in [0.05, 0.1) is 12.1 Å². The van der Waals surface area contributed by atoms with E-state index < -0.39 is 54.4 Å². The average Bonchev–Trinajstić information content (AvgIpc) is 3.37. The van der Waals surface area contributed by atoms with Gasteiger partial charge in [-0.15, -0.1) is 0 Å². The van der Waals surface area contributed by atoms with Crippen molar-refractivity contribution in [1.82, 2.24) is 10.6 Å². The van der Waals surface area contributed by atoms with Crippen LogP contribution in [-0.2, 0) is 4.79 Å². The zero-order valence-corrected chi connectivity index (χ0v) is 16.2. The van der Waals surface area contributed by atoms with Crippen LogP contribution >= 0.6 is 0 Å². The molecule has 9 heteroatoms. The summed E-state index contributed by atoms with van der Waals surface area (Å²) in [5, 5.41) is 13.5. The highest BCUT2D eigenvalue weighted by Gasteiger charge is 2.49. The van der Waals surface area contributed by atoms with Crippen molar-refractivity contribution < 1.29 is 26.7 Å². The number of rotatable bonds is 9. The summed E-state index contributed by atoms with van der Waals surface area (Å²) in [5.41, 5.74) is -1.36. The third-order valence-corrected chi connectivity index (χ3v) is 4.68. The number of hydrogen-bond acceptors (Lipinski definition) is 3. The van der Waals surface area contributed by atoms with Gasteiger partial charge in [-0.2, -0.15) is 18.4 Å². The van der Waals surface area contributed by atoms with Gasteiger partial charge in [-0.3, -0.25) is 10.1 Å². The fourth-order valence-electron chi connectivity index (χ4n) is 3.15. The van der Waals surface area contributed by atoms with Crippen molar-refractivity contribution in [3.63, 3.8) is 0 Å². The van der Waals surface area contributed by atoms with E-state index in [4.69, 9.17) is 5.26 Å². The normalized spacial score (nSPS) is 18.0. The van der Waals surface area contributed by atoms with Gasteiger partial charge in [-0.25, -0.2) is 8.78 Å². The van der Waals surface area contributed by atoms with Crippen LogP contribution in [0.3, 0.4) is 0 Å². The highest BCUT2D eigenvalue weighted by molar-refractivity contribution is 5.83. The molecule has 160 valence electrons. The van der Waals surface area contributed by atoms with Crippen LogP contribution in [0.25, 0.3) is 0 Å². The van der Waals surface area contributed by atoms with Crippen molar-refractivity contribution in [2.45, 2.75) is 69.3 Å². The SMILES string of the molecule is CC(C)CC(F)(F)C[C@H](N[C@@H](c1ccccc1)C(F)(F)F)C(=O)NC1(C#N)CC1. The molecule has 2 N–H and O–H groups in total. The minimum Gasteiger partial charge on any atom is -0.336 e. The number of amides is 1. The predicted octanol–water partition coefficient (Wildman–Crippen LogP) is 4.49.